The average molecular weight is 233 g/mol. The van der Waals surface area contributed by atoms with Gasteiger partial charge in [0.25, 0.3) is 0 Å². The minimum Gasteiger partial charge on any atom is -0.493 e. The molecule has 2 rings (SSSR count). The number of nitriles is 1. The van der Waals surface area contributed by atoms with Crippen LogP contribution in [0.5, 0.6) is 5.75 Å². The second-order valence-electron chi connectivity index (χ2n) is 3.31. The van der Waals surface area contributed by atoms with Gasteiger partial charge in [0.05, 0.1) is 16.9 Å². The van der Waals surface area contributed by atoms with Crippen molar-refractivity contribution < 1.29 is 9.84 Å². The zero-order valence-electron chi connectivity index (χ0n) is 8.64. The molecule has 3 nitrogen and oxygen atoms in total. The lowest BCUT2D eigenvalue weighted by Gasteiger charge is -2.06. The van der Waals surface area contributed by atoms with E-state index in [4.69, 9.17) is 15.1 Å². The molecule has 0 atom stereocenters. The largest absolute Gasteiger partial charge is 0.493 e. The molecule has 82 valence electrons. The molecule has 1 N–H and O–H groups in total. The van der Waals surface area contributed by atoms with Gasteiger partial charge in [-0.15, -0.1) is 11.3 Å². The van der Waals surface area contributed by atoms with Crippen molar-refractivity contribution in [2.75, 3.05) is 13.2 Å². The molecule has 1 heterocycles. The highest BCUT2D eigenvalue weighted by molar-refractivity contribution is 7.17. The molecular weight excluding hydrogens is 222 g/mol. The van der Waals surface area contributed by atoms with Gasteiger partial charge in [0, 0.05) is 18.4 Å². The van der Waals surface area contributed by atoms with Crippen LogP contribution in [0, 0.1) is 11.3 Å². The normalized spacial score (nSPS) is 10.2. The lowest BCUT2D eigenvalue weighted by Crippen LogP contribution is -1.99. The lowest BCUT2D eigenvalue weighted by atomic mass is 10.1. The molecule has 0 unspecified atom stereocenters. The number of hydrogen-bond acceptors (Lipinski definition) is 4. The molecule has 1 aromatic carbocycles. The van der Waals surface area contributed by atoms with Crippen molar-refractivity contribution in [3.63, 3.8) is 0 Å². The number of aliphatic hydroxyl groups excluding tert-OH is 1. The predicted octanol–water partition coefficient (Wildman–Crippen LogP) is 2.53. The molecule has 1 aromatic heterocycles. The highest BCUT2D eigenvalue weighted by Gasteiger charge is 2.07. The maximum absolute atomic E-state index is 8.94. The first-order chi connectivity index (χ1) is 7.86. The van der Waals surface area contributed by atoms with Crippen LogP contribution in [0.2, 0.25) is 0 Å². The zero-order valence-corrected chi connectivity index (χ0v) is 9.46. The van der Waals surface area contributed by atoms with E-state index in [-0.39, 0.29) is 6.61 Å². The molecule has 0 bridgehead atoms. The minimum absolute atomic E-state index is 0.128. The van der Waals surface area contributed by atoms with Crippen LogP contribution in [-0.2, 0) is 0 Å². The molecule has 0 aliphatic heterocycles. The van der Waals surface area contributed by atoms with Crippen LogP contribution in [0.4, 0.5) is 0 Å². The summed E-state index contributed by atoms with van der Waals surface area (Å²) in [5.74, 6) is 0.781. The summed E-state index contributed by atoms with van der Waals surface area (Å²) in [6.07, 6.45) is 0.617. The second kappa shape index (κ2) is 4.97. The summed E-state index contributed by atoms with van der Waals surface area (Å²) >= 11 is 1.54. The van der Waals surface area contributed by atoms with Gasteiger partial charge in [0.2, 0.25) is 0 Å². The minimum atomic E-state index is 0.128. The Morgan fingerprint density at radius 3 is 3.00 bits per heavy atom. The van der Waals surface area contributed by atoms with Crippen molar-refractivity contribution in [2.45, 2.75) is 6.42 Å². The molecule has 4 heteroatoms. The van der Waals surface area contributed by atoms with Gasteiger partial charge in [-0.25, -0.2) is 0 Å². The first-order valence-corrected chi connectivity index (χ1v) is 5.88. The Hall–Kier alpha value is -1.57. The molecule has 0 spiro atoms. The molecule has 0 saturated carbocycles. The summed E-state index contributed by atoms with van der Waals surface area (Å²) in [7, 11) is 0. The SMILES string of the molecule is N#Cc1ccc(OCCCO)c2ccsc12. The van der Waals surface area contributed by atoms with Crippen molar-refractivity contribution in [2.24, 2.45) is 0 Å². The predicted molar refractivity (Wildman–Crippen MR) is 63.7 cm³/mol. The van der Waals surface area contributed by atoms with Gasteiger partial charge in [-0.2, -0.15) is 5.26 Å². The highest BCUT2D eigenvalue weighted by Crippen LogP contribution is 2.32. The van der Waals surface area contributed by atoms with Crippen LogP contribution < -0.4 is 4.74 Å². The van der Waals surface area contributed by atoms with E-state index < -0.39 is 0 Å². The third kappa shape index (κ3) is 2.01. The van der Waals surface area contributed by atoms with Crippen LogP contribution in [0.15, 0.2) is 23.6 Å². The zero-order chi connectivity index (χ0) is 11.4. The van der Waals surface area contributed by atoms with Crippen molar-refractivity contribution in [1.82, 2.24) is 0 Å². The van der Waals surface area contributed by atoms with Gasteiger partial charge in [-0.1, -0.05) is 0 Å². The van der Waals surface area contributed by atoms with Crippen molar-refractivity contribution in [3.8, 4) is 11.8 Å². The monoisotopic (exact) mass is 233 g/mol. The summed E-state index contributed by atoms with van der Waals surface area (Å²) in [5, 5.41) is 20.5. The maximum Gasteiger partial charge on any atom is 0.128 e. The number of benzene rings is 1. The van der Waals surface area contributed by atoms with E-state index in [0.29, 0.717) is 18.6 Å². The first-order valence-electron chi connectivity index (χ1n) is 5.01. The smallest absolute Gasteiger partial charge is 0.128 e. The van der Waals surface area contributed by atoms with E-state index in [1.807, 2.05) is 17.5 Å². The van der Waals surface area contributed by atoms with Gasteiger partial charge in [0.15, 0.2) is 0 Å². The summed E-state index contributed by atoms with van der Waals surface area (Å²) in [6.45, 7) is 0.621. The lowest BCUT2D eigenvalue weighted by molar-refractivity contribution is 0.235. The highest BCUT2D eigenvalue weighted by atomic mass is 32.1. The fraction of sp³-hybridized carbons (Fsp3) is 0.250. The Morgan fingerprint density at radius 2 is 2.25 bits per heavy atom. The number of rotatable bonds is 4. The number of ether oxygens (including phenoxy) is 1. The van der Waals surface area contributed by atoms with Crippen molar-refractivity contribution in [1.29, 1.82) is 5.26 Å². The fourth-order valence-electron chi connectivity index (χ4n) is 1.50. The van der Waals surface area contributed by atoms with Crippen LogP contribution in [0.25, 0.3) is 10.1 Å². The van der Waals surface area contributed by atoms with Crippen LogP contribution in [-0.4, -0.2) is 18.3 Å². The van der Waals surface area contributed by atoms with Gasteiger partial charge < -0.3 is 9.84 Å². The van der Waals surface area contributed by atoms with E-state index in [1.165, 1.54) is 0 Å². The molecule has 0 aliphatic rings. The van der Waals surface area contributed by atoms with E-state index in [9.17, 15) is 0 Å². The molecule has 0 radical (unpaired) electrons. The molecule has 0 aliphatic carbocycles. The van der Waals surface area contributed by atoms with Crippen LogP contribution in [0.1, 0.15) is 12.0 Å². The van der Waals surface area contributed by atoms with E-state index in [1.54, 1.807) is 17.4 Å². The molecule has 0 saturated heterocycles. The Labute approximate surface area is 97.5 Å². The van der Waals surface area contributed by atoms with Crippen LogP contribution in [0.3, 0.4) is 0 Å². The molecule has 2 aromatic rings. The Bertz CT molecular complexity index is 527. The number of thiophene rings is 1. The molecule has 16 heavy (non-hydrogen) atoms. The topological polar surface area (TPSA) is 53.2 Å². The maximum atomic E-state index is 8.94. The van der Waals surface area contributed by atoms with Crippen LogP contribution >= 0.6 is 11.3 Å². The third-order valence-corrected chi connectivity index (χ3v) is 3.20. The summed E-state index contributed by atoms with van der Waals surface area (Å²) in [6, 6.07) is 7.70. The van der Waals surface area contributed by atoms with E-state index >= 15 is 0 Å². The number of hydrogen-bond donors (Lipinski definition) is 1. The summed E-state index contributed by atoms with van der Waals surface area (Å²) < 4.78 is 6.52. The standard InChI is InChI=1S/C12H11NO2S/c13-8-9-2-3-11(15-6-1-5-14)10-4-7-16-12(9)10/h2-4,7,14H,1,5-6H2. The molecular formula is C12H11NO2S. The van der Waals surface area contributed by atoms with Gasteiger partial charge in [-0.3, -0.25) is 0 Å². The Kier molecular flexibility index (Phi) is 3.40. The fourth-order valence-corrected chi connectivity index (χ4v) is 2.37. The van der Waals surface area contributed by atoms with E-state index in [2.05, 4.69) is 6.07 Å². The number of nitrogens with zero attached hydrogens (tertiary/aromatic N) is 1. The van der Waals surface area contributed by atoms with Crippen molar-refractivity contribution in [3.05, 3.63) is 29.1 Å². The Balaban J connectivity index is 2.33. The quantitative estimate of drug-likeness (QED) is 0.825. The Morgan fingerprint density at radius 1 is 1.38 bits per heavy atom. The molecule has 0 fully saturated rings. The number of fused-ring (bicyclic) bond motifs is 1. The summed E-state index contributed by atoms with van der Waals surface area (Å²) in [4.78, 5) is 0. The first kappa shape index (κ1) is 10.9. The van der Waals surface area contributed by atoms with E-state index in [0.717, 1.165) is 15.8 Å². The average Bonchev–Trinajstić information content (AvgIpc) is 2.79. The van der Waals surface area contributed by atoms with Gasteiger partial charge >= 0.3 is 0 Å². The number of aliphatic hydroxyl groups is 1. The third-order valence-electron chi connectivity index (χ3n) is 2.26. The van der Waals surface area contributed by atoms with Crippen molar-refractivity contribution >= 4 is 21.4 Å². The second-order valence-corrected chi connectivity index (χ2v) is 4.23. The van der Waals surface area contributed by atoms with Gasteiger partial charge in [-0.05, 0) is 23.6 Å². The summed E-state index contributed by atoms with van der Waals surface area (Å²) in [5.41, 5.74) is 0.680. The molecule has 0 amide bonds. The van der Waals surface area contributed by atoms with Gasteiger partial charge in [0.1, 0.15) is 11.8 Å².